The molecule has 2 nitrogen and oxygen atoms in total. The fourth-order valence-corrected chi connectivity index (χ4v) is 7.61. The van der Waals surface area contributed by atoms with Gasteiger partial charge < -0.3 is 8.83 Å². The summed E-state index contributed by atoms with van der Waals surface area (Å²) in [7, 11) is 0. The second-order valence-corrected chi connectivity index (χ2v) is 13.3. The summed E-state index contributed by atoms with van der Waals surface area (Å²) in [5, 5.41) is 10.9. The predicted molar refractivity (Wildman–Crippen MR) is 231 cm³/mol. The Morgan fingerprint density at radius 3 is 1.81 bits per heavy atom. The van der Waals surface area contributed by atoms with E-state index in [0.29, 0.717) is 5.42 Å². The molecule has 7 aromatic carbocycles. The van der Waals surface area contributed by atoms with E-state index < -0.39 is 0 Å². The van der Waals surface area contributed by atoms with Gasteiger partial charge in [-0.25, -0.2) is 0 Å². The molecule has 0 unspecified atom stereocenters. The molecule has 0 spiro atoms. The van der Waals surface area contributed by atoms with Crippen molar-refractivity contribution in [1.29, 1.82) is 0 Å². The molecule has 9 aromatic rings. The SMILES string of the molecule is C=C(\C=C/C=C/C=C/C=c1\c(=C)oc2c3ccccc3c3oc4ccccc4c3c12)c1ccccccc(-c2cccc3ccccc23)c2ccccc12. The molecule has 256 valence electrons. The van der Waals surface area contributed by atoms with Crippen molar-refractivity contribution < 1.29 is 8.83 Å². The molecular formula is C52H36O2. The van der Waals surface area contributed by atoms with Crippen molar-refractivity contribution in [2.24, 2.45) is 0 Å². The van der Waals surface area contributed by atoms with Crippen LogP contribution in [0, 0.1) is 0 Å². The van der Waals surface area contributed by atoms with Crippen LogP contribution in [0.4, 0.5) is 0 Å². The lowest BCUT2D eigenvalue weighted by molar-refractivity contribution is 0.580. The Morgan fingerprint density at radius 1 is 0.444 bits per heavy atom. The lowest BCUT2D eigenvalue weighted by Gasteiger charge is -2.11. The Labute approximate surface area is 313 Å². The van der Waals surface area contributed by atoms with Gasteiger partial charge in [-0.05, 0) is 49.9 Å². The van der Waals surface area contributed by atoms with E-state index in [-0.39, 0.29) is 0 Å². The van der Waals surface area contributed by atoms with E-state index in [0.717, 1.165) is 70.8 Å². The van der Waals surface area contributed by atoms with Crippen LogP contribution in [0.2, 0.25) is 0 Å². The summed E-state index contributed by atoms with van der Waals surface area (Å²) < 4.78 is 12.8. The van der Waals surface area contributed by atoms with Gasteiger partial charge in [0, 0.05) is 32.1 Å². The molecule has 0 radical (unpaired) electrons. The highest BCUT2D eigenvalue weighted by Crippen LogP contribution is 2.39. The van der Waals surface area contributed by atoms with E-state index in [4.69, 9.17) is 8.83 Å². The number of hydrogen-bond acceptors (Lipinski definition) is 2. The van der Waals surface area contributed by atoms with E-state index in [9.17, 15) is 0 Å². The van der Waals surface area contributed by atoms with E-state index in [1.54, 1.807) is 0 Å². The standard InChI is InChI=1S/C52H36O2/c1-35(38-24-9-6-7-11-27-44(43-29-15-14-28-41(38)43)42-33-20-23-37-22-12-13-26-40(37)42)21-8-4-3-5-10-25-39-36(2)53-51-45-30-16-17-31-46(45)52-50(49(39)51)47-32-18-19-34-48(47)54-52/h3-34H,1-2H2/b4-3+,7-6?,9-6?,10-5+,11-7?,21-8-,24-9?,27-11?,38-24?,39-25+,41-38?,44-27?,44-43?. The number of hydrogen-bond donors (Lipinski definition) is 0. The monoisotopic (exact) mass is 692 g/mol. The number of rotatable bonds is 6. The van der Waals surface area contributed by atoms with Crippen molar-refractivity contribution in [3.05, 3.63) is 211 Å². The average molecular weight is 693 g/mol. The van der Waals surface area contributed by atoms with Crippen molar-refractivity contribution in [3.8, 4) is 11.1 Å². The fraction of sp³-hybridized carbons (Fsp3) is 0. The van der Waals surface area contributed by atoms with Crippen LogP contribution in [-0.2, 0) is 0 Å². The number of benzene rings is 6. The van der Waals surface area contributed by atoms with Crippen molar-refractivity contribution in [3.63, 3.8) is 0 Å². The van der Waals surface area contributed by atoms with Gasteiger partial charge in [0.1, 0.15) is 22.2 Å². The molecule has 9 rings (SSSR count). The zero-order chi connectivity index (χ0) is 36.4. The van der Waals surface area contributed by atoms with E-state index in [2.05, 4.69) is 147 Å². The van der Waals surface area contributed by atoms with Crippen molar-refractivity contribution >= 4 is 83.5 Å². The smallest absolute Gasteiger partial charge is 0.144 e. The topological polar surface area (TPSA) is 26.3 Å². The van der Waals surface area contributed by atoms with Gasteiger partial charge >= 0.3 is 0 Å². The maximum absolute atomic E-state index is 6.42. The van der Waals surface area contributed by atoms with Gasteiger partial charge in [0.15, 0.2) is 0 Å². The number of para-hydroxylation sites is 1. The first-order valence-corrected chi connectivity index (χ1v) is 18.1. The van der Waals surface area contributed by atoms with Gasteiger partial charge in [-0.1, -0.05) is 201 Å². The second kappa shape index (κ2) is 14.1. The summed E-state index contributed by atoms with van der Waals surface area (Å²) in [5.41, 5.74) is 7.53. The Morgan fingerprint density at radius 2 is 1.00 bits per heavy atom. The average Bonchev–Trinajstić information content (AvgIpc) is 3.76. The van der Waals surface area contributed by atoms with Gasteiger partial charge in [-0.2, -0.15) is 0 Å². The third kappa shape index (κ3) is 5.81. The minimum atomic E-state index is 0.625. The minimum absolute atomic E-state index is 0.625. The largest absolute Gasteiger partial charge is 0.456 e. The van der Waals surface area contributed by atoms with Gasteiger partial charge in [0.05, 0.1) is 0 Å². The summed E-state index contributed by atoms with van der Waals surface area (Å²) in [6, 6.07) is 52.8. The maximum Gasteiger partial charge on any atom is 0.144 e. The van der Waals surface area contributed by atoms with Crippen molar-refractivity contribution in [2.45, 2.75) is 0 Å². The molecule has 0 saturated heterocycles. The molecule has 2 heterocycles. The minimum Gasteiger partial charge on any atom is -0.456 e. The van der Waals surface area contributed by atoms with E-state index in [1.807, 2.05) is 60.7 Å². The quantitative estimate of drug-likeness (QED) is 0.162. The highest BCUT2D eigenvalue weighted by molar-refractivity contribution is 6.29. The van der Waals surface area contributed by atoms with E-state index >= 15 is 0 Å². The molecule has 0 aliphatic carbocycles. The zero-order valence-electron chi connectivity index (χ0n) is 29.7. The molecule has 0 bridgehead atoms. The van der Waals surface area contributed by atoms with Crippen LogP contribution in [0.15, 0.2) is 204 Å². The summed E-state index contributed by atoms with van der Waals surface area (Å²) >= 11 is 0. The zero-order valence-corrected chi connectivity index (χ0v) is 29.7. The van der Waals surface area contributed by atoms with Crippen LogP contribution in [-0.4, -0.2) is 0 Å². The molecule has 0 amide bonds. The number of allylic oxidation sites excluding steroid dienone is 7. The lowest BCUT2D eigenvalue weighted by atomic mass is 9.93. The Bertz CT molecular complexity index is 3190. The fourth-order valence-electron chi connectivity index (χ4n) is 7.61. The number of fused-ring (bicyclic) bond motifs is 10. The Kier molecular flexibility index (Phi) is 8.55. The Hall–Kier alpha value is -7.16. The Balaban J connectivity index is 1.06. The molecule has 2 aromatic heterocycles. The van der Waals surface area contributed by atoms with E-state index in [1.165, 1.54) is 21.9 Å². The van der Waals surface area contributed by atoms with Crippen molar-refractivity contribution in [1.82, 2.24) is 0 Å². The second-order valence-electron chi connectivity index (χ2n) is 13.3. The van der Waals surface area contributed by atoms with Crippen LogP contribution < -0.4 is 10.6 Å². The maximum atomic E-state index is 6.42. The van der Waals surface area contributed by atoms with Crippen LogP contribution in [0.3, 0.4) is 0 Å². The molecule has 0 N–H and O–H groups in total. The molecular weight excluding hydrogens is 657 g/mol. The van der Waals surface area contributed by atoms with Gasteiger partial charge in [-0.15, -0.1) is 0 Å². The van der Waals surface area contributed by atoms with Crippen molar-refractivity contribution in [2.75, 3.05) is 0 Å². The summed E-state index contributed by atoms with van der Waals surface area (Å²) in [4.78, 5) is 0. The molecule has 2 heteroatoms. The summed E-state index contributed by atoms with van der Waals surface area (Å²) in [6.07, 6.45) is 14.3. The van der Waals surface area contributed by atoms with Gasteiger partial charge in [-0.3, -0.25) is 0 Å². The first-order chi connectivity index (χ1) is 26.7. The predicted octanol–water partition coefficient (Wildman–Crippen LogP) is 13.2. The van der Waals surface area contributed by atoms with Crippen LogP contribution in [0.1, 0.15) is 5.56 Å². The first-order valence-electron chi connectivity index (χ1n) is 18.1. The number of furan rings is 2. The molecule has 0 aliphatic rings. The molecule has 0 aliphatic heterocycles. The molecule has 0 fully saturated rings. The first kappa shape index (κ1) is 32.7. The third-order valence-electron chi connectivity index (χ3n) is 10.1. The van der Waals surface area contributed by atoms with Crippen LogP contribution in [0.5, 0.6) is 0 Å². The third-order valence-corrected chi connectivity index (χ3v) is 10.1. The van der Waals surface area contributed by atoms with Gasteiger partial charge in [0.25, 0.3) is 0 Å². The lowest BCUT2D eigenvalue weighted by Crippen LogP contribution is -2.17. The van der Waals surface area contributed by atoms with Gasteiger partial charge in [0.2, 0.25) is 0 Å². The molecule has 54 heavy (non-hydrogen) atoms. The van der Waals surface area contributed by atoms with Crippen LogP contribution in [0.25, 0.3) is 94.6 Å². The summed E-state index contributed by atoms with van der Waals surface area (Å²) in [5.74, 6) is 0. The highest BCUT2D eigenvalue weighted by Gasteiger charge is 2.19. The van der Waals surface area contributed by atoms with Crippen LogP contribution >= 0.6 is 0 Å². The normalized spacial score (nSPS) is 12.5. The molecule has 0 atom stereocenters. The molecule has 0 saturated carbocycles. The summed E-state index contributed by atoms with van der Waals surface area (Å²) in [6.45, 7) is 8.80. The highest BCUT2D eigenvalue weighted by atomic mass is 16.3.